The smallest absolute Gasteiger partial charge is 0.312 e. The summed E-state index contributed by atoms with van der Waals surface area (Å²) in [6.45, 7) is 0. The summed E-state index contributed by atoms with van der Waals surface area (Å²) >= 11 is 0. The summed E-state index contributed by atoms with van der Waals surface area (Å²) < 4.78 is 33.2. The number of hydrogen-bond acceptors (Lipinski definition) is 8. The number of carbonyl (C=O) groups is 2. The number of Topliss-reactive ketones (excluding diaryl/α,β-unsaturated/α-hetero) is 1. The Morgan fingerprint density at radius 1 is 0.806 bits per heavy atom. The number of benzene rings is 3. The van der Waals surface area contributed by atoms with Crippen molar-refractivity contribution in [2.45, 2.75) is 12.3 Å². The van der Waals surface area contributed by atoms with E-state index in [0.717, 1.165) is 5.56 Å². The molecule has 0 fully saturated rings. The van der Waals surface area contributed by atoms with Crippen LogP contribution in [0, 0.1) is 0 Å². The molecule has 0 unspecified atom stereocenters. The van der Waals surface area contributed by atoms with E-state index in [9.17, 15) is 9.59 Å². The van der Waals surface area contributed by atoms with Gasteiger partial charge in [-0.25, -0.2) is 0 Å². The molecule has 184 valence electrons. The highest BCUT2D eigenvalue weighted by Gasteiger charge is 2.38. The molecule has 36 heavy (non-hydrogen) atoms. The molecule has 8 heteroatoms. The number of methoxy groups -OCH3 is 4. The van der Waals surface area contributed by atoms with Gasteiger partial charge in [0, 0.05) is 23.1 Å². The molecule has 3 aromatic rings. The molecular weight excluding hydrogens is 464 g/mol. The Hall–Kier alpha value is -4.46. The predicted molar refractivity (Wildman–Crippen MR) is 131 cm³/mol. The van der Waals surface area contributed by atoms with Gasteiger partial charge in [-0.2, -0.15) is 0 Å². The summed E-state index contributed by atoms with van der Waals surface area (Å²) in [5.74, 6) is 2.08. The molecule has 0 saturated heterocycles. The third-order valence-corrected chi connectivity index (χ3v) is 6.32. The molecule has 1 atom stereocenters. The number of hydrogen-bond donors (Lipinski definition) is 0. The summed E-state index contributed by atoms with van der Waals surface area (Å²) in [5.41, 5.74) is 2.53. The molecule has 2 heterocycles. The van der Waals surface area contributed by atoms with Crippen LogP contribution in [0.2, 0.25) is 0 Å². The van der Waals surface area contributed by atoms with E-state index in [1.807, 2.05) is 24.3 Å². The van der Waals surface area contributed by atoms with Crippen molar-refractivity contribution in [2.75, 3.05) is 28.4 Å². The van der Waals surface area contributed by atoms with E-state index in [2.05, 4.69) is 0 Å². The van der Waals surface area contributed by atoms with Gasteiger partial charge in [0.1, 0.15) is 23.0 Å². The lowest BCUT2D eigenvalue weighted by atomic mass is 9.84. The van der Waals surface area contributed by atoms with E-state index < -0.39 is 0 Å². The standard InChI is InChI=1S/C28H24O8/c1-31-17-7-5-15(6-8-17)19-13-25(29)35-20-10-9-18-27(30)24(36-28(18)26(19)20)12-16-11-22(33-3)23(34-4)14-21(16)32-2/h5-12,14,19H,13H2,1-4H3/b24-12-/t19-/m0/s1. The molecule has 0 aliphatic carbocycles. The van der Waals surface area contributed by atoms with E-state index in [1.165, 1.54) is 21.3 Å². The Kier molecular flexibility index (Phi) is 6.01. The van der Waals surface area contributed by atoms with Crippen molar-refractivity contribution < 1.29 is 38.0 Å². The first-order chi connectivity index (χ1) is 17.5. The highest BCUT2D eigenvalue weighted by Crippen LogP contribution is 2.49. The highest BCUT2D eigenvalue weighted by molar-refractivity contribution is 6.15. The van der Waals surface area contributed by atoms with E-state index in [-0.39, 0.29) is 29.9 Å². The Bertz CT molecular complexity index is 1390. The predicted octanol–water partition coefficient (Wildman–Crippen LogP) is 4.78. The van der Waals surface area contributed by atoms with Gasteiger partial charge < -0.3 is 28.4 Å². The first-order valence-corrected chi connectivity index (χ1v) is 11.2. The fraction of sp³-hybridized carbons (Fsp3) is 0.214. The topological polar surface area (TPSA) is 89.5 Å². The fourth-order valence-corrected chi connectivity index (χ4v) is 4.53. The molecule has 0 N–H and O–H groups in total. The summed E-state index contributed by atoms with van der Waals surface area (Å²) in [6, 6.07) is 14.1. The summed E-state index contributed by atoms with van der Waals surface area (Å²) in [4.78, 5) is 25.7. The summed E-state index contributed by atoms with van der Waals surface area (Å²) in [6.07, 6.45) is 1.72. The number of ether oxygens (including phenoxy) is 6. The fourth-order valence-electron chi connectivity index (χ4n) is 4.53. The lowest BCUT2D eigenvalue weighted by molar-refractivity contribution is -0.135. The summed E-state index contributed by atoms with van der Waals surface area (Å²) in [5, 5.41) is 0. The van der Waals surface area contributed by atoms with Gasteiger partial charge in [0.25, 0.3) is 0 Å². The van der Waals surface area contributed by atoms with E-state index >= 15 is 0 Å². The molecule has 0 aromatic heterocycles. The average molecular weight is 488 g/mol. The third kappa shape index (κ3) is 3.90. The van der Waals surface area contributed by atoms with Crippen molar-refractivity contribution in [3.63, 3.8) is 0 Å². The maximum absolute atomic E-state index is 13.3. The number of allylic oxidation sites excluding steroid dienone is 1. The SMILES string of the molecule is COc1ccc([C@@H]2CC(=O)Oc3ccc4c(c32)O/C(=C\c2cc(OC)c(OC)cc2OC)C4=O)cc1. The molecule has 0 radical (unpaired) electrons. The van der Waals surface area contributed by atoms with Crippen molar-refractivity contribution in [3.8, 4) is 34.5 Å². The second-order valence-electron chi connectivity index (χ2n) is 8.25. The molecular formula is C28H24O8. The average Bonchev–Trinajstić information content (AvgIpc) is 3.22. The third-order valence-electron chi connectivity index (χ3n) is 6.32. The van der Waals surface area contributed by atoms with Crippen molar-refractivity contribution in [1.29, 1.82) is 0 Å². The lowest BCUT2D eigenvalue weighted by Crippen LogP contribution is -2.21. The second-order valence-corrected chi connectivity index (χ2v) is 8.25. The van der Waals surface area contributed by atoms with E-state index in [0.29, 0.717) is 51.2 Å². The molecule has 8 nitrogen and oxygen atoms in total. The number of rotatable bonds is 6. The first kappa shape index (κ1) is 23.3. The molecule has 5 rings (SSSR count). The van der Waals surface area contributed by atoms with Crippen LogP contribution in [0.4, 0.5) is 0 Å². The largest absolute Gasteiger partial charge is 0.497 e. The molecule has 0 spiro atoms. The molecule has 0 saturated carbocycles. The van der Waals surface area contributed by atoms with Crippen molar-refractivity contribution >= 4 is 17.8 Å². The van der Waals surface area contributed by atoms with Gasteiger partial charge in [0.15, 0.2) is 17.3 Å². The zero-order valence-electron chi connectivity index (χ0n) is 20.2. The monoisotopic (exact) mass is 488 g/mol. The zero-order chi connectivity index (χ0) is 25.4. The van der Waals surface area contributed by atoms with E-state index in [1.54, 1.807) is 37.5 Å². The van der Waals surface area contributed by atoms with Crippen LogP contribution in [0.5, 0.6) is 34.5 Å². The van der Waals surface area contributed by atoms with Gasteiger partial charge in [0.2, 0.25) is 5.78 Å². The Morgan fingerprint density at radius 2 is 1.50 bits per heavy atom. The van der Waals surface area contributed by atoms with Crippen molar-refractivity contribution in [3.05, 3.63) is 76.5 Å². The van der Waals surface area contributed by atoms with Crippen LogP contribution in [0.25, 0.3) is 6.08 Å². The van der Waals surface area contributed by atoms with Crippen LogP contribution >= 0.6 is 0 Å². The van der Waals surface area contributed by atoms with Crippen LogP contribution in [0.3, 0.4) is 0 Å². The maximum atomic E-state index is 13.3. The lowest BCUT2D eigenvalue weighted by Gasteiger charge is -2.26. The summed E-state index contributed by atoms with van der Waals surface area (Å²) in [7, 11) is 6.18. The number of ketones is 1. The van der Waals surface area contributed by atoms with Gasteiger partial charge in [-0.15, -0.1) is 0 Å². The van der Waals surface area contributed by atoms with Gasteiger partial charge in [0.05, 0.1) is 40.4 Å². The maximum Gasteiger partial charge on any atom is 0.312 e. The van der Waals surface area contributed by atoms with Crippen LogP contribution in [0.1, 0.15) is 39.4 Å². The number of fused-ring (bicyclic) bond motifs is 3. The van der Waals surface area contributed by atoms with Crippen molar-refractivity contribution in [2.24, 2.45) is 0 Å². The van der Waals surface area contributed by atoms with Crippen LogP contribution < -0.4 is 28.4 Å². The molecule has 2 aliphatic heterocycles. The van der Waals surface area contributed by atoms with Gasteiger partial charge in [-0.05, 0) is 42.0 Å². The molecule has 3 aromatic carbocycles. The minimum Gasteiger partial charge on any atom is -0.497 e. The Morgan fingerprint density at radius 3 is 2.17 bits per heavy atom. The Labute approximate surface area is 207 Å². The molecule has 0 bridgehead atoms. The minimum atomic E-state index is -0.349. The van der Waals surface area contributed by atoms with Gasteiger partial charge in [-0.3, -0.25) is 9.59 Å². The van der Waals surface area contributed by atoms with Gasteiger partial charge in [-0.1, -0.05) is 12.1 Å². The molecule has 0 amide bonds. The number of esters is 1. The minimum absolute atomic E-state index is 0.120. The van der Waals surface area contributed by atoms with Crippen LogP contribution in [0.15, 0.2) is 54.3 Å². The van der Waals surface area contributed by atoms with Gasteiger partial charge >= 0.3 is 5.97 Å². The van der Waals surface area contributed by atoms with Crippen LogP contribution in [-0.4, -0.2) is 40.2 Å². The normalized spacial score (nSPS) is 17.1. The molecule has 2 aliphatic rings. The number of carbonyl (C=O) groups excluding carboxylic acids is 2. The zero-order valence-corrected chi connectivity index (χ0v) is 20.2. The second kappa shape index (κ2) is 9.30. The van der Waals surface area contributed by atoms with Crippen molar-refractivity contribution in [1.82, 2.24) is 0 Å². The van der Waals surface area contributed by atoms with Crippen LogP contribution in [-0.2, 0) is 4.79 Å². The van der Waals surface area contributed by atoms with E-state index in [4.69, 9.17) is 28.4 Å². The Balaban J connectivity index is 1.59. The highest BCUT2D eigenvalue weighted by atomic mass is 16.5. The quantitative estimate of drug-likeness (QED) is 0.278. The first-order valence-electron chi connectivity index (χ1n) is 11.2.